The van der Waals surface area contributed by atoms with Crippen LogP contribution in [-0.2, 0) is 5.41 Å². The zero-order chi connectivity index (χ0) is 13.5. The van der Waals surface area contributed by atoms with Crippen molar-refractivity contribution in [3.63, 3.8) is 0 Å². The van der Waals surface area contributed by atoms with Crippen molar-refractivity contribution in [1.82, 2.24) is 20.3 Å². The first kappa shape index (κ1) is 12.4. The number of nitrogens with zero attached hydrogens (tertiary/aromatic N) is 3. The number of nitrogens with one attached hydrogen (secondary N) is 2. The molecule has 5 nitrogen and oxygen atoms in total. The molecule has 0 bridgehead atoms. The molecular weight excluding hydrogens is 238 g/mol. The number of pyridine rings is 1. The number of fused-ring (bicyclic) bond motifs is 1. The molecule has 1 saturated heterocycles. The first-order chi connectivity index (χ1) is 9.08. The van der Waals surface area contributed by atoms with Gasteiger partial charge in [0.1, 0.15) is 11.6 Å². The number of H-pyrrole nitrogens is 1. The number of aromatic nitrogens is 3. The molecule has 1 aliphatic rings. The minimum absolute atomic E-state index is 0.143. The molecule has 0 aromatic carbocycles. The lowest BCUT2D eigenvalue weighted by atomic mass is 9.80. The van der Waals surface area contributed by atoms with Gasteiger partial charge in [-0.3, -0.25) is 0 Å². The van der Waals surface area contributed by atoms with E-state index in [1.165, 1.54) is 0 Å². The van der Waals surface area contributed by atoms with Crippen molar-refractivity contribution in [2.75, 3.05) is 32.1 Å². The molecule has 0 saturated carbocycles. The second kappa shape index (κ2) is 4.49. The highest BCUT2D eigenvalue weighted by Gasteiger charge is 2.31. The number of hydrogen-bond acceptors (Lipinski definition) is 4. The molecule has 2 aromatic rings. The number of piperidine rings is 1. The van der Waals surface area contributed by atoms with Crippen molar-refractivity contribution < 1.29 is 0 Å². The normalized spacial score (nSPS) is 18.7. The Balaban J connectivity index is 2.01. The highest BCUT2D eigenvalue weighted by atomic mass is 15.2. The zero-order valence-electron chi connectivity index (χ0n) is 11.8. The van der Waals surface area contributed by atoms with Crippen molar-refractivity contribution >= 4 is 17.0 Å². The fourth-order valence-corrected chi connectivity index (χ4v) is 2.63. The van der Waals surface area contributed by atoms with Gasteiger partial charge in [0.2, 0.25) is 0 Å². The van der Waals surface area contributed by atoms with E-state index in [1.54, 1.807) is 0 Å². The summed E-state index contributed by atoms with van der Waals surface area (Å²) in [4.78, 5) is 14.8. The summed E-state index contributed by atoms with van der Waals surface area (Å²) < 4.78 is 0. The largest absolute Gasteiger partial charge is 0.363 e. The van der Waals surface area contributed by atoms with Crippen LogP contribution in [0.1, 0.15) is 25.6 Å². The second-order valence-corrected chi connectivity index (χ2v) is 5.83. The summed E-state index contributed by atoms with van der Waals surface area (Å²) in [5.41, 5.74) is 1.99. The van der Waals surface area contributed by atoms with Crippen LogP contribution in [0.5, 0.6) is 0 Å². The number of anilines is 1. The second-order valence-electron chi connectivity index (χ2n) is 5.83. The third-order valence-corrected chi connectivity index (χ3v) is 4.07. The lowest BCUT2D eigenvalue weighted by molar-refractivity contribution is 0.321. The van der Waals surface area contributed by atoms with Crippen molar-refractivity contribution in [3.8, 4) is 0 Å². The predicted octanol–water partition coefficient (Wildman–Crippen LogP) is 1.66. The van der Waals surface area contributed by atoms with Crippen LogP contribution in [0.4, 0.5) is 5.82 Å². The Bertz CT molecular complexity index is 581. The predicted molar refractivity (Wildman–Crippen MR) is 77.7 cm³/mol. The average Bonchev–Trinajstić information content (AvgIpc) is 2.83. The van der Waals surface area contributed by atoms with Gasteiger partial charge in [-0.1, -0.05) is 6.92 Å². The molecule has 2 N–H and O–H groups in total. The van der Waals surface area contributed by atoms with Crippen LogP contribution in [-0.4, -0.2) is 42.1 Å². The van der Waals surface area contributed by atoms with Crippen molar-refractivity contribution in [2.45, 2.75) is 25.2 Å². The van der Waals surface area contributed by atoms with Crippen LogP contribution in [0.3, 0.4) is 0 Å². The van der Waals surface area contributed by atoms with E-state index in [-0.39, 0.29) is 5.41 Å². The molecule has 0 radical (unpaired) electrons. The minimum Gasteiger partial charge on any atom is -0.363 e. The van der Waals surface area contributed by atoms with Gasteiger partial charge in [-0.25, -0.2) is 9.97 Å². The Morgan fingerprint density at radius 2 is 1.89 bits per heavy atom. The molecule has 1 aliphatic heterocycles. The summed E-state index contributed by atoms with van der Waals surface area (Å²) in [5.74, 6) is 2.02. The molecule has 19 heavy (non-hydrogen) atoms. The quantitative estimate of drug-likeness (QED) is 0.861. The maximum Gasteiger partial charge on any atom is 0.179 e. The van der Waals surface area contributed by atoms with Gasteiger partial charge in [0.25, 0.3) is 0 Å². The number of aromatic amines is 1. The molecule has 1 fully saturated rings. The van der Waals surface area contributed by atoms with E-state index in [9.17, 15) is 0 Å². The molecule has 2 aromatic heterocycles. The van der Waals surface area contributed by atoms with Gasteiger partial charge in [0, 0.05) is 19.5 Å². The van der Waals surface area contributed by atoms with Crippen LogP contribution >= 0.6 is 0 Å². The maximum absolute atomic E-state index is 4.73. The summed E-state index contributed by atoms with van der Waals surface area (Å²) in [6.45, 7) is 4.41. The molecule has 0 amide bonds. The van der Waals surface area contributed by atoms with Crippen molar-refractivity contribution in [3.05, 3.63) is 18.0 Å². The maximum atomic E-state index is 4.73. The molecular formula is C14H21N5. The van der Waals surface area contributed by atoms with E-state index >= 15 is 0 Å². The standard InChI is InChI=1S/C14H21N5/c1-14(6-8-15-9-7-14)13-16-10-4-5-11(19(2)3)17-12(10)18-13/h4-5,15H,6-9H2,1-3H3,(H,16,17,18). The van der Waals surface area contributed by atoms with Crippen LogP contribution < -0.4 is 10.2 Å². The molecule has 5 heteroatoms. The first-order valence-corrected chi connectivity index (χ1v) is 6.84. The van der Waals surface area contributed by atoms with Gasteiger partial charge in [0.15, 0.2) is 5.65 Å². The van der Waals surface area contributed by atoms with E-state index < -0.39 is 0 Å². The van der Waals surface area contributed by atoms with Crippen LogP contribution in [0.2, 0.25) is 0 Å². The van der Waals surface area contributed by atoms with Gasteiger partial charge in [-0.05, 0) is 38.1 Å². The lowest BCUT2D eigenvalue weighted by Crippen LogP contribution is -2.38. The smallest absolute Gasteiger partial charge is 0.179 e. The van der Waals surface area contributed by atoms with Crippen LogP contribution in [0.25, 0.3) is 11.2 Å². The van der Waals surface area contributed by atoms with Crippen molar-refractivity contribution in [2.24, 2.45) is 0 Å². The molecule has 0 aliphatic carbocycles. The molecule has 0 unspecified atom stereocenters. The van der Waals surface area contributed by atoms with E-state index in [2.05, 4.69) is 28.3 Å². The Hall–Kier alpha value is -1.62. The van der Waals surface area contributed by atoms with E-state index in [1.807, 2.05) is 25.1 Å². The molecule has 3 heterocycles. The summed E-state index contributed by atoms with van der Waals surface area (Å²) in [6.07, 6.45) is 2.24. The SMILES string of the molecule is CN(C)c1ccc2[nH]c(C3(C)CCNCC3)nc2n1. The van der Waals surface area contributed by atoms with Crippen LogP contribution in [0, 0.1) is 0 Å². The summed E-state index contributed by atoms with van der Waals surface area (Å²) >= 11 is 0. The first-order valence-electron chi connectivity index (χ1n) is 6.84. The van der Waals surface area contributed by atoms with Gasteiger partial charge >= 0.3 is 0 Å². The Morgan fingerprint density at radius 3 is 2.58 bits per heavy atom. The molecule has 0 spiro atoms. The zero-order valence-corrected chi connectivity index (χ0v) is 11.8. The fourth-order valence-electron chi connectivity index (χ4n) is 2.63. The minimum atomic E-state index is 0.143. The topological polar surface area (TPSA) is 56.8 Å². The molecule has 102 valence electrons. The highest BCUT2D eigenvalue weighted by molar-refractivity contribution is 5.73. The number of rotatable bonds is 2. The van der Waals surface area contributed by atoms with E-state index in [4.69, 9.17) is 4.98 Å². The summed E-state index contributed by atoms with van der Waals surface area (Å²) in [5, 5.41) is 3.40. The van der Waals surface area contributed by atoms with E-state index in [0.29, 0.717) is 0 Å². The van der Waals surface area contributed by atoms with Crippen molar-refractivity contribution in [1.29, 1.82) is 0 Å². The molecule has 0 atom stereocenters. The number of hydrogen-bond donors (Lipinski definition) is 2. The van der Waals surface area contributed by atoms with E-state index in [0.717, 1.165) is 48.7 Å². The Labute approximate surface area is 113 Å². The highest BCUT2D eigenvalue weighted by Crippen LogP contribution is 2.32. The Morgan fingerprint density at radius 1 is 1.16 bits per heavy atom. The average molecular weight is 259 g/mol. The Kier molecular flexibility index (Phi) is 2.93. The fraction of sp³-hybridized carbons (Fsp3) is 0.571. The lowest BCUT2D eigenvalue weighted by Gasteiger charge is -2.31. The van der Waals surface area contributed by atoms with Gasteiger partial charge < -0.3 is 15.2 Å². The third kappa shape index (κ3) is 2.18. The monoisotopic (exact) mass is 259 g/mol. The summed E-state index contributed by atoms with van der Waals surface area (Å²) in [6, 6.07) is 4.09. The van der Waals surface area contributed by atoms with Gasteiger partial charge in [-0.2, -0.15) is 0 Å². The number of imidazole rings is 1. The summed E-state index contributed by atoms with van der Waals surface area (Å²) in [7, 11) is 3.99. The van der Waals surface area contributed by atoms with Gasteiger partial charge in [-0.15, -0.1) is 0 Å². The molecule has 3 rings (SSSR count). The third-order valence-electron chi connectivity index (χ3n) is 4.07. The van der Waals surface area contributed by atoms with Crippen LogP contribution in [0.15, 0.2) is 12.1 Å². The van der Waals surface area contributed by atoms with Gasteiger partial charge in [0.05, 0.1) is 5.52 Å².